The van der Waals surface area contributed by atoms with Gasteiger partial charge in [-0.2, -0.15) is 0 Å². The first-order valence-corrected chi connectivity index (χ1v) is 6.41. The molecule has 0 saturated heterocycles. The van der Waals surface area contributed by atoms with E-state index in [1.165, 1.54) is 0 Å². The van der Waals surface area contributed by atoms with Crippen LogP contribution in [0, 0.1) is 0 Å². The Morgan fingerprint density at radius 1 is 1.35 bits per heavy atom. The highest BCUT2D eigenvalue weighted by Gasteiger charge is 2.28. The molecule has 0 bridgehead atoms. The molecule has 0 aliphatic heterocycles. The number of carboxylic acid groups (broad SMARTS) is 2. The number of aromatic nitrogens is 1. The summed E-state index contributed by atoms with van der Waals surface area (Å²) < 4.78 is 1.82. The second-order valence-corrected chi connectivity index (χ2v) is 4.83. The van der Waals surface area contributed by atoms with Gasteiger partial charge in [0, 0.05) is 18.7 Å². The fraction of sp³-hybridized carbons (Fsp3) is 0.462. The van der Waals surface area contributed by atoms with Crippen molar-refractivity contribution < 1.29 is 24.6 Å². The van der Waals surface area contributed by atoms with Gasteiger partial charge in [-0.05, 0) is 31.4 Å². The van der Waals surface area contributed by atoms with Crippen LogP contribution in [-0.4, -0.2) is 38.7 Å². The van der Waals surface area contributed by atoms with Crippen LogP contribution in [0.3, 0.4) is 0 Å². The SMILES string of the molecule is O=C(O)CC[C@H](NC(=O)c1cccn1C1CC1)C(=O)O. The molecule has 1 aromatic heterocycles. The Balaban J connectivity index is 2.01. The first-order valence-electron chi connectivity index (χ1n) is 6.41. The van der Waals surface area contributed by atoms with E-state index in [1.54, 1.807) is 18.3 Å². The van der Waals surface area contributed by atoms with Gasteiger partial charge in [0.25, 0.3) is 5.91 Å². The molecule has 108 valence electrons. The summed E-state index contributed by atoms with van der Waals surface area (Å²) in [6.07, 6.45) is 3.37. The lowest BCUT2D eigenvalue weighted by atomic mass is 10.1. The van der Waals surface area contributed by atoms with Gasteiger partial charge in [-0.15, -0.1) is 0 Å². The molecular weight excluding hydrogens is 264 g/mol. The summed E-state index contributed by atoms with van der Waals surface area (Å²) in [7, 11) is 0. The van der Waals surface area contributed by atoms with Gasteiger partial charge in [0.05, 0.1) is 0 Å². The van der Waals surface area contributed by atoms with E-state index in [4.69, 9.17) is 10.2 Å². The molecule has 0 aromatic carbocycles. The first kappa shape index (κ1) is 14.1. The summed E-state index contributed by atoms with van der Waals surface area (Å²) >= 11 is 0. The molecular formula is C13H16N2O5. The molecule has 1 saturated carbocycles. The van der Waals surface area contributed by atoms with Crippen molar-refractivity contribution in [1.82, 2.24) is 9.88 Å². The largest absolute Gasteiger partial charge is 0.481 e. The maximum absolute atomic E-state index is 12.1. The standard InChI is InChI=1S/C13H16N2O5/c16-11(17)6-5-9(13(19)20)14-12(18)10-2-1-7-15(10)8-3-4-8/h1-2,7-9H,3-6H2,(H,14,18)(H,16,17)(H,19,20)/t9-/m0/s1. The molecule has 1 atom stereocenters. The number of carbonyl (C=O) groups is 3. The molecule has 3 N–H and O–H groups in total. The number of amides is 1. The normalized spacial score (nSPS) is 15.6. The van der Waals surface area contributed by atoms with Crippen molar-refractivity contribution in [2.45, 2.75) is 37.8 Å². The summed E-state index contributed by atoms with van der Waals surface area (Å²) in [5.74, 6) is -2.81. The molecule has 1 aliphatic carbocycles. The van der Waals surface area contributed by atoms with Crippen molar-refractivity contribution in [3.05, 3.63) is 24.0 Å². The van der Waals surface area contributed by atoms with E-state index in [0.29, 0.717) is 11.7 Å². The molecule has 1 amide bonds. The molecule has 7 nitrogen and oxygen atoms in total. The molecule has 0 spiro atoms. The predicted molar refractivity (Wildman–Crippen MR) is 68.5 cm³/mol. The van der Waals surface area contributed by atoms with Crippen LogP contribution in [0.1, 0.15) is 42.2 Å². The Morgan fingerprint density at radius 2 is 2.05 bits per heavy atom. The van der Waals surface area contributed by atoms with Gasteiger partial charge in [0.15, 0.2) is 0 Å². The zero-order valence-corrected chi connectivity index (χ0v) is 10.8. The van der Waals surface area contributed by atoms with Crippen LogP contribution in [-0.2, 0) is 9.59 Å². The minimum absolute atomic E-state index is 0.138. The lowest BCUT2D eigenvalue weighted by molar-refractivity contribution is -0.140. The summed E-state index contributed by atoms with van der Waals surface area (Å²) in [4.78, 5) is 33.6. The first-order chi connectivity index (χ1) is 9.49. The highest BCUT2D eigenvalue weighted by molar-refractivity contribution is 5.95. The smallest absolute Gasteiger partial charge is 0.326 e. The molecule has 2 rings (SSSR count). The Morgan fingerprint density at radius 3 is 2.60 bits per heavy atom. The van der Waals surface area contributed by atoms with Gasteiger partial charge in [0.1, 0.15) is 11.7 Å². The number of nitrogens with one attached hydrogen (secondary N) is 1. The van der Waals surface area contributed by atoms with Crippen molar-refractivity contribution in [3.8, 4) is 0 Å². The topological polar surface area (TPSA) is 109 Å². The van der Waals surface area contributed by atoms with Crippen LogP contribution in [0.2, 0.25) is 0 Å². The average molecular weight is 280 g/mol. The molecule has 0 unspecified atom stereocenters. The third-order valence-electron chi connectivity index (χ3n) is 3.20. The van der Waals surface area contributed by atoms with Crippen LogP contribution in [0.4, 0.5) is 0 Å². The van der Waals surface area contributed by atoms with Crippen LogP contribution in [0.25, 0.3) is 0 Å². The molecule has 1 heterocycles. The lowest BCUT2D eigenvalue weighted by Gasteiger charge is -2.14. The number of hydrogen-bond acceptors (Lipinski definition) is 3. The zero-order chi connectivity index (χ0) is 14.7. The summed E-state index contributed by atoms with van der Waals surface area (Å²) in [5, 5.41) is 20.0. The highest BCUT2D eigenvalue weighted by atomic mass is 16.4. The second-order valence-electron chi connectivity index (χ2n) is 4.83. The van der Waals surface area contributed by atoms with Gasteiger partial charge in [-0.3, -0.25) is 9.59 Å². The molecule has 1 aliphatic rings. The predicted octanol–water partition coefficient (Wildman–Crippen LogP) is 0.871. The molecule has 1 fully saturated rings. The van der Waals surface area contributed by atoms with Crippen molar-refractivity contribution in [2.75, 3.05) is 0 Å². The number of carbonyl (C=O) groups excluding carboxylic acids is 1. The van der Waals surface area contributed by atoms with Crippen molar-refractivity contribution in [1.29, 1.82) is 0 Å². The van der Waals surface area contributed by atoms with Crippen molar-refractivity contribution >= 4 is 17.8 Å². The summed E-state index contributed by atoms with van der Waals surface area (Å²) in [6, 6.07) is 2.48. The van der Waals surface area contributed by atoms with Crippen LogP contribution >= 0.6 is 0 Å². The quantitative estimate of drug-likeness (QED) is 0.686. The number of rotatable bonds is 7. The number of aliphatic carboxylic acids is 2. The minimum Gasteiger partial charge on any atom is -0.481 e. The molecule has 20 heavy (non-hydrogen) atoms. The third kappa shape index (κ3) is 3.37. The highest BCUT2D eigenvalue weighted by Crippen LogP contribution is 2.35. The van der Waals surface area contributed by atoms with Gasteiger partial charge in [-0.1, -0.05) is 0 Å². The summed E-state index contributed by atoms with van der Waals surface area (Å²) in [6.45, 7) is 0. The van der Waals surface area contributed by atoms with Crippen LogP contribution in [0.5, 0.6) is 0 Å². The van der Waals surface area contributed by atoms with Crippen LogP contribution in [0.15, 0.2) is 18.3 Å². The maximum atomic E-state index is 12.1. The number of nitrogens with zero attached hydrogens (tertiary/aromatic N) is 1. The number of hydrogen-bond donors (Lipinski definition) is 3. The fourth-order valence-electron chi connectivity index (χ4n) is 2.01. The van der Waals surface area contributed by atoms with Gasteiger partial charge in [0.2, 0.25) is 0 Å². The van der Waals surface area contributed by atoms with E-state index >= 15 is 0 Å². The van der Waals surface area contributed by atoms with E-state index in [-0.39, 0.29) is 12.8 Å². The van der Waals surface area contributed by atoms with Gasteiger partial charge < -0.3 is 20.1 Å². The fourth-order valence-corrected chi connectivity index (χ4v) is 2.01. The van der Waals surface area contributed by atoms with Gasteiger partial charge >= 0.3 is 11.9 Å². The van der Waals surface area contributed by atoms with Crippen molar-refractivity contribution in [2.24, 2.45) is 0 Å². The lowest BCUT2D eigenvalue weighted by Crippen LogP contribution is -2.41. The zero-order valence-electron chi connectivity index (χ0n) is 10.8. The third-order valence-corrected chi connectivity index (χ3v) is 3.20. The minimum atomic E-state index is -1.23. The Labute approximate surface area is 115 Å². The maximum Gasteiger partial charge on any atom is 0.326 e. The second kappa shape index (κ2) is 5.77. The summed E-state index contributed by atoms with van der Waals surface area (Å²) in [5.41, 5.74) is 0.411. The van der Waals surface area contributed by atoms with E-state index in [9.17, 15) is 14.4 Å². The van der Waals surface area contributed by atoms with E-state index in [0.717, 1.165) is 12.8 Å². The van der Waals surface area contributed by atoms with E-state index in [1.807, 2.05) is 4.57 Å². The van der Waals surface area contributed by atoms with E-state index in [2.05, 4.69) is 5.32 Å². The molecule has 0 radical (unpaired) electrons. The average Bonchev–Trinajstić information content (AvgIpc) is 3.11. The monoisotopic (exact) mass is 280 g/mol. The Hall–Kier alpha value is -2.31. The van der Waals surface area contributed by atoms with Gasteiger partial charge in [-0.25, -0.2) is 4.79 Å². The Kier molecular flexibility index (Phi) is 4.07. The van der Waals surface area contributed by atoms with E-state index < -0.39 is 23.9 Å². The Bertz CT molecular complexity index is 533. The molecule has 1 aromatic rings. The van der Waals surface area contributed by atoms with Crippen molar-refractivity contribution in [3.63, 3.8) is 0 Å². The number of carboxylic acids is 2. The van der Waals surface area contributed by atoms with Crippen LogP contribution < -0.4 is 5.32 Å². The molecule has 7 heteroatoms.